The topological polar surface area (TPSA) is 47.6 Å². The molecule has 4 nitrogen and oxygen atoms in total. The molecule has 0 radical (unpaired) electrons. The van der Waals surface area contributed by atoms with Crippen molar-refractivity contribution in [3.63, 3.8) is 0 Å². The molecule has 1 heterocycles. The molecule has 22 heavy (non-hydrogen) atoms. The van der Waals surface area contributed by atoms with Crippen LogP contribution in [0, 0.1) is 5.92 Å². The van der Waals surface area contributed by atoms with Gasteiger partial charge in [-0.15, -0.1) is 0 Å². The summed E-state index contributed by atoms with van der Waals surface area (Å²) < 4.78 is 11.4. The highest BCUT2D eigenvalue weighted by atomic mass is 16.5. The SMILES string of the molecule is CCCOc1ccc(OCCC)c(C(=O)C2CCNCC2)c1. The molecule has 1 aromatic carbocycles. The zero-order chi connectivity index (χ0) is 15.8. The van der Waals surface area contributed by atoms with Crippen LogP contribution in [0.5, 0.6) is 11.5 Å². The van der Waals surface area contributed by atoms with Gasteiger partial charge in [-0.1, -0.05) is 13.8 Å². The van der Waals surface area contributed by atoms with E-state index in [0.29, 0.717) is 24.5 Å². The third kappa shape index (κ3) is 4.47. The van der Waals surface area contributed by atoms with E-state index in [1.54, 1.807) is 0 Å². The summed E-state index contributed by atoms with van der Waals surface area (Å²) in [4.78, 5) is 12.8. The van der Waals surface area contributed by atoms with Crippen LogP contribution in [0.2, 0.25) is 0 Å². The molecule has 0 saturated carbocycles. The summed E-state index contributed by atoms with van der Waals surface area (Å²) in [5, 5.41) is 3.30. The van der Waals surface area contributed by atoms with Gasteiger partial charge in [0, 0.05) is 5.92 Å². The zero-order valence-electron chi connectivity index (χ0n) is 13.7. The number of rotatable bonds is 8. The van der Waals surface area contributed by atoms with Crippen molar-refractivity contribution in [2.24, 2.45) is 5.92 Å². The molecular weight excluding hydrogens is 278 g/mol. The Kier molecular flexibility index (Phi) is 6.72. The first kappa shape index (κ1) is 16.8. The van der Waals surface area contributed by atoms with Crippen LogP contribution >= 0.6 is 0 Å². The van der Waals surface area contributed by atoms with Crippen molar-refractivity contribution in [1.82, 2.24) is 5.32 Å². The monoisotopic (exact) mass is 305 g/mol. The second kappa shape index (κ2) is 8.79. The van der Waals surface area contributed by atoms with Gasteiger partial charge in [-0.25, -0.2) is 0 Å². The quantitative estimate of drug-likeness (QED) is 0.747. The van der Waals surface area contributed by atoms with E-state index < -0.39 is 0 Å². The van der Waals surface area contributed by atoms with E-state index in [0.717, 1.165) is 44.5 Å². The van der Waals surface area contributed by atoms with Gasteiger partial charge in [0.2, 0.25) is 0 Å². The van der Waals surface area contributed by atoms with Crippen molar-refractivity contribution >= 4 is 5.78 Å². The molecule has 0 unspecified atom stereocenters. The molecule has 1 aromatic rings. The standard InChI is InChI=1S/C18H27NO3/c1-3-11-21-15-5-6-17(22-12-4-2)16(13-15)18(20)14-7-9-19-10-8-14/h5-6,13-14,19H,3-4,7-12H2,1-2H3. The summed E-state index contributed by atoms with van der Waals surface area (Å²) in [6.07, 6.45) is 3.67. The zero-order valence-corrected chi connectivity index (χ0v) is 13.7. The highest BCUT2D eigenvalue weighted by molar-refractivity contribution is 6.00. The molecule has 1 saturated heterocycles. The van der Waals surface area contributed by atoms with Gasteiger partial charge in [0.15, 0.2) is 5.78 Å². The van der Waals surface area contributed by atoms with Gasteiger partial charge < -0.3 is 14.8 Å². The minimum Gasteiger partial charge on any atom is -0.494 e. The molecule has 0 aromatic heterocycles. The Hall–Kier alpha value is -1.55. The van der Waals surface area contributed by atoms with Crippen LogP contribution in [-0.2, 0) is 0 Å². The molecule has 0 bridgehead atoms. The van der Waals surface area contributed by atoms with Crippen LogP contribution in [0.25, 0.3) is 0 Å². The minimum atomic E-state index is 0.0895. The highest BCUT2D eigenvalue weighted by Gasteiger charge is 2.25. The van der Waals surface area contributed by atoms with Gasteiger partial charge in [0.25, 0.3) is 0 Å². The average molecular weight is 305 g/mol. The molecule has 1 N–H and O–H groups in total. The Morgan fingerprint density at radius 2 is 1.82 bits per heavy atom. The fraction of sp³-hybridized carbons (Fsp3) is 0.611. The lowest BCUT2D eigenvalue weighted by Crippen LogP contribution is -2.32. The van der Waals surface area contributed by atoms with Crippen LogP contribution in [0.1, 0.15) is 49.9 Å². The number of carbonyl (C=O) groups is 1. The van der Waals surface area contributed by atoms with Crippen LogP contribution in [-0.4, -0.2) is 32.1 Å². The van der Waals surface area contributed by atoms with Gasteiger partial charge in [-0.05, 0) is 57.0 Å². The molecular formula is C18H27NO3. The first-order valence-corrected chi connectivity index (χ1v) is 8.40. The first-order chi connectivity index (χ1) is 10.8. The lowest BCUT2D eigenvalue weighted by atomic mass is 9.89. The van der Waals surface area contributed by atoms with E-state index in [1.165, 1.54) is 0 Å². The van der Waals surface area contributed by atoms with Crippen molar-refractivity contribution in [3.8, 4) is 11.5 Å². The number of carbonyl (C=O) groups excluding carboxylic acids is 1. The van der Waals surface area contributed by atoms with E-state index in [1.807, 2.05) is 18.2 Å². The Balaban J connectivity index is 2.20. The highest BCUT2D eigenvalue weighted by Crippen LogP contribution is 2.29. The maximum atomic E-state index is 12.8. The van der Waals surface area contributed by atoms with Crippen LogP contribution < -0.4 is 14.8 Å². The minimum absolute atomic E-state index is 0.0895. The first-order valence-electron chi connectivity index (χ1n) is 8.40. The fourth-order valence-electron chi connectivity index (χ4n) is 2.65. The molecule has 1 aliphatic rings. The van der Waals surface area contributed by atoms with Crippen LogP contribution in [0.15, 0.2) is 18.2 Å². The second-order valence-corrected chi connectivity index (χ2v) is 5.74. The third-order valence-electron chi connectivity index (χ3n) is 3.86. The molecule has 4 heteroatoms. The van der Waals surface area contributed by atoms with E-state index in [2.05, 4.69) is 19.2 Å². The van der Waals surface area contributed by atoms with Gasteiger partial charge >= 0.3 is 0 Å². The van der Waals surface area contributed by atoms with E-state index in [4.69, 9.17) is 9.47 Å². The van der Waals surface area contributed by atoms with E-state index in [9.17, 15) is 4.79 Å². The van der Waals surface area contributed by atoms with E-state index in [-0.39, 0.29) is 11.7 Å². The maximum absolute atomic E-state index is 12.8. The smallest absolute Gasteiger partial charge is 0.169 e. The number of hydrogen-bond acceptors (Lipinski definition) is 4. The lowest BCUT2D eigenvalue weighted by Gasteiger charge is -2.22. The number of benzene rings is 1. The molecule has 2 rings (SSSR count). The fourth-order valence-corrected chi connectivity index (χ4v) is 2.65. The van der Waals surface area contributed by atoms with Gasteiger partial charge in [0.05, 0.1) is 18.8 Å². The Bertz CT molecular complexity index is 481. The molecule has 1 aliphatic heterocycles. The van der Waals surface area contributed by atoms with Crippen LogP contribution in [0.4, 0.5) is 0 Å². The van der Waals surface area contributed by atoms with Gasteiger partial charge in [-0.3, -0.25) is 4.79 Å². The molecule has 0 atom stereocenters. The number of ketones is 1. The second-order valence-electron chi connectivity index (χ2n) is 5.74. The number of nitrogens with one attached hydrogen (secondary N) is 1. The predicted octanol–water partition coefficient (Wildman–Crippen LogP) is 3.45. The molecule has 122 valence electrons. The van der Waals surface area contributed by atoms with E-state index >= 15 is 0 Å². The summed E-state index contributed by atoms with van der Waals surface area (Å²) in [6.45, 7) is 7.24. The van der Waals surface area contributed by atoms with Crippen LogP contribution in [0.3, 0.4) is 0 Å². The van der Waals surface area contributed by atoms with Gasteiger partial charge in [-0.2, -0.15) is 0 Å². The normalized spacial score (nSPS) is 15.5. The number of ether oxygens (including phenoxy) is 2. The number of piperidine rings is 1. The predicted molar refractivity (Wildman–Crippen MR) is 87.9 cm³/mol. The summed E-state index contributed by atoms with van der Waals surface area (Å²) >= 11 is 0. The summed E-state index contributed by atoms with van der Waals surface area (Å²) in [6, 6.07) is 5.61. The van der Waals surface area contributed by atoms with Crippen molar-refractivity contribution in [1.29, 1.82) is 0 Å². The van der Waals surface area contributed by atoms with Crippen molar-refractivity contribution < 1.29 is 14.3 Å². The Morgan fingerprint density at radius 3 is 2.50 bits per heavy atom. The molecule has 0 spiro atoms. The van der Waals surface area contributed by atoms with Crippen molar-refractivity contribution in [3.05, 3.63) is 23.8 Å². The van der Waals surface area contributed by atoms with Crippen molar-refractivity contribution in [2.75, 3.05) is 26.3 Å². The Labute approximate surface area is 133 Å². The Morgan fingerprint density at radius 1 is 1.14 bits per heavy atom. The van der Waals surface area contributed by atoms with Crippen molar-refractivity contribution in [2.45, 2.75) is 39.5 Å². The maximum Gasteiger partial charge on any atom is 0.169 e. The lowest BCUT2D eigenvalue weighted by molar-refractivity contribution is 0.0890. The summed E-state index contributed by atoms with van der Waals surface area (Å²) in [7, 11) is 0. The largest absolute Gasteiger partial charge is 0.494 e. The number of hydrogen-bond donors (Lipinski definition) is 1. The summed E-state index contributed by atoms with van der Waals surface area (Å²) in [5.74, 6) is 1.72. The van der Waals surface area contributed by atoms with Gasteiger partial charge in [0.1, 0.15) is 11.5 Å². The number of Topliss-reactive ketones (excluding diaryl/α,β-unsaturated/α-hetero) is 1. The molecule has 1 fully saturated rings. The molecule has 0 amide bonds. The molecule has 0 aliphatic carbocycles. The average Bonchev–Trinajstić information content (AvgIpc) is 2.58. The summed E-state index contributed by atoms with van der Waals surface area (Å²) in [5.41, 5.74) is 0.675. The third-order valence-corrected chi connectivity index (χ3v) is 3.86.